The van der Waals surface area contributed by atoms with E-state index >= 15 is 0 Å². The molecule has 3 rings (SSSR count). The summed E-state index contributed by atoms with van der Waals surface area (Å²) in [7, 11) is 1.52. The minimum Gasteiger partial charge on any atom is -0.497 e. The smallest absolute Gasteiger partial charge is 0.257 e. The second-order valence-electron chi connectivity index (χ2n) is 7.84. The molecule has 0 radical (unpaired) electrons. The van der Waals surface area contributed by atoms with Gasteiger partial charge in [-0.3, -0.25) is 14.4 Å². The first-order valence-corrected chi connectivity index (χ1v) is 9.61. The number of amides is 3. The fourth-order valence-corrected chi connectivity index (χ4v) is 3.61. The standard InChI is InChI=1S/C22H23ClN2O4/c1-22(2,3)25(20(27)14-6-5-7-17(12-14)29-4)18-13-19(26)24(21(18)28)16-10-8-15(23)9-11-16/h5-12,18H,13H2,1-4H3. The molecule has 0 N–H and O–H groups in total. The Morgan fingerprint density at radius 2 is 1.79 bits per heavy atom. The predicted molar refractivity (Wildman–Crippen MR) is 111 cm³/mol. The summed E-state index contributed by atoms with van der Waals surface area (Å²) in [4.78, 5) is 41.9. The zero-order valence-electron chi connectivity index (χ0n) is 16.8. The van der Waals surface area contributed by atoms with Crippen molar-refractivity contribution in [3.63, 3.8) is 0 Å². The van der Waals surface area contributed by atoms with E-state index in [1.807, 2.05) is 20.8 Å². The minimum atomic E-state index is -0.892. The van der Waals surface area contributed by atoms with Crippen molar-refractivity contribution >= 4 is 35.0 Å². The van der Waals surface area contributed by atoms with Crippen LogP contribution in [0.15, 0.2) is 48.5 Å². The van der Waals surface area contributed by atoms with Crippen molar-refractivity contribution in [3.8, 4) is 5.75 Å². The van der Waals surface area contributed by atoms with Gasteiger partial charge in [0.25, 0.3) is 11.8 Å². The summed E-state index contributed by atoms with van der Waals surface area (Å²) >= 11 is 5.91. The lowest BCUT2D eigenvalue weighted by molar-refractivity contribution is -0.123. The number of carbonyl (C=O) groups excluding carboxylic acids is 3. The summed E-state index contributed by atoms with van der Waals surface area (Å²) in [5, 5.41) is 0.508. The molecule has 1 unspecified atom stereocenters. The largest absolute Gasteiger partial charge is 0.497 e. The average molecular weight is 415 g/mol. The van der Waals surface area contributed by atoms with E-state index in [-0.39, 0.29) is 18.2 Å². The number of rotatable bonds is 4. The number of ether oxygens (including phenoxy) is 1. The van der Waals surface area contributed by atoms with E-state index < -0.39 is 17.5 Å². The lowest BCUT2D eigenvalue weighted by Crippen LogP contribution is -2.54. The van der Waals surface area contributed by atoms with Crippen LogP contribution >= 0.6 is 11.6 Å². The lowest BCUT2D eigenvalue weighted by atomic mass is 9.99. The van der Waals surface area contributed by atoms with Gasteiger partial charge in [-0.15, -0.1) is 0 Å². The van der Waals surface area contributed by atoms with Crippen molar-refractivity contribution < 1.29 is 19.1 Å². The van der Waals surface area contributed by atoms with Crippen LogP contribution in [0.1, 0.15) is 37.6 Å². The highest BCUT2D eigenvalue weighted by atomic mass is 35.5. The molecule has 7 heteroatoms. The number of imide groups is 1. The maximum Gasteiger partial charge on any atom is 0.257 e. The van der Waals surface area contributed by atoms with Gasteiger partial charge in [0, 0.05) is 16.1 Å². The molecule has 1 atom stereocenters. The monoisotopic (exact) mass is 414 g/mol. The number of hydrogen-bond donors (Lipinski definition) is 0. The van der Waals surface area contributed by atoms with E-state index in [9.17, 15) is 14.4 Å². The summed E-state index contributed by atoms with van der Waals surface area (Å²) < 4.78 is 5.21. The van der Waals surface area contributed by atoms with Crippen LogP contribution < -0.4 is 9.64 Å². The second kappa shape index (κ2) is 7.87. The van der Waals surface area contributed by atoms with Crippen LogP contribution in [0.3, 0.4) is 0 Å². The first kappa shape index (κ1) is 20.9. The summed E-state index contributed by atoms with van der Waals surface area (Å²) in [6.07, 6.45) is -0.0750. The van der Waals surface area contributed by atoms with Gasteiger partial charge in [-0.2, -0.15) is 0 Å². The molecule has 29 heavy (non-hydrogen) atoms. The maximum atomic E-state index is 13.4. The Bertz CT molecular complexity index is 950. The molecule has 3 amide bonds. The first-order valence-electron chi connectivity index (χ1n) is 9.23. The molecule has 6 nitrogen and oxygen atoms in total. The zero-order chi connectivity index (χ0) is 21.3. The van der Waals surface area contributed by atoms with Crippen molar-refractivity contribution in [2.24, 2.45) is 0 Å². The van der Waals surface area contributed by atoms with Gasteiger partial charge in [0.05, 0.1) is 19.2 Å². The predicted octanol–water partition coefficient (Wildman–Crippen LogP) is 3.92. The highest BCUT2D eigenvalue weighted by Crippen LogP contribution is 2.31. The summed E-state index contributed by atoms with van der Waals surface area (Å²) in [5.41, 5.74) is 0.149. The molecule has 152 valence electrons. The van der Waals surface area contributed by atoms with Crippen molar-refractivity contribution in [2.45, 2.75) is 38.8 Å². The molecule has 1 aliphatic rings. The Morgan fingerprint density at radius 1 is 1.14 bits per heavy atom. The number of carbonyl (C=O) groups is 3. The van der Waals surface area contributed by atoms with Gasteiger partial charge in [0.2, 0.25) is 5.91 Å². The molecule has 1 saturated heterocycles. The third-order valence-corrected chi connectivity index (χ3v) is 5.03. The third kappa shape index (κ3) is 4.12. The number of benzene rings is 2. The van der Waals surface area contributed by atoms with Crippen LogP contribution in [0, 0.1) is 0 Å². The molecule has 0 spiro atoms. The van der Waals surface area contributed by atoms with Crippen molar-refractivity contribution in [3.05, 3.63) is 59.1 Å². The zero-order valence-corrected chi connectivity index (χ0v) is 17.6. The van der Waals surface area contributed by atoms with Gasteiger partial charge in [0.15, 0.2) is 0 Å². The van der Waals surface area contributed by atoms with E-state index in [0.29, 0.717) is 22.0 Å². The lowest BCUT2D eigenvalue weighted by Gasteiger charge is -2.39. The molecule has 0 saturated carbocycles. The normalized spacial score (nSPS) is 16.9. The van der Waals surface area contributed by atoms with E-state index in [1.165, 1.54) is 12.0 Å². The molecule has 1 heterocycles. The summed E-state index contributed by atoms with van der Waals surface area (Å²) in [6, 6.07) is 12.3. The molecule has 1 aliphatic heterocycles. The fraction of sp³-hybridized carbons (Fsp3) is 0.318. The molecule has 2 aromatic rings. The van der Waals surface area contributed by atoms with Crippen molar-refractivity contribution in [1.82, 2.24) is 4.90 Å². The molecule has 0 aromatic heterocycles. The van der Waals surface area contributed by atoms with E-state index in [0.717, 1.165) is 4.90 Å². The number of nitrogens with zero attached hydrogens (tertiary/aromatic N) is 2. The third-order valence-electron chi connectivity index (χ3n) is 4.78. The average Bonchev–Trinajstić information content (AvgIpc) is 2.95. The summed E-state index contributed by atoms with van der Waals surface area (Å²) in [6.45, 7) is 5.52. The molecule has 0 bridgehead atoms. The highest BCUT2D eigenvalue weighted by molar-refractivity contribution is 6.31. The van der Waals surface area contributed by atoms with Gasteiger partial charge >= 0.3 is 0 Å². The van der Waals surface area contributed by atoms with Crippen LogP contribution in [0.4, 0.5) is 5.69 Å². The molecular formula is C22H23ClN2O4. The number of hydrogen-bond acceptors (Lipinski definition) is 4. The van der Waals surface area contributed by atoms with Crippen molar-refractivity contribution in [1.29, 1.82) is 0 Å². The Labute approximate surface area is 175 Å². The Kier molecular flexibility index (Phi) is 5.66. The van der Waals surface area contributed by atoms with Crippen LogP contribution in [0.2, 0.25) is 5.02 Å². The maximum absolute atomic E-state index is 13.4. The number of methoxy groups -OCH3 is 1. The molecular weight excluding hydrogens is 392 g/mol. The van der Waals surface area contributed by atoms with Gasteiger partial charge in [-0.25, -0.2) is 4.90 Å². The quantitative estimate of drug-likeness (QED) is 0.711. The van der Waals surface area contributed by atoms with Gasteiger partial charge in [0.1, 0.15) is 11.8 Å². The molecule has 1 fully saturated rings. The second-order valence-corrected chi connectivity index (χ2v) is 8.28. The van der Waals surface area contributed by atoms with Gasteiger partial charge in [-0.1, -0.05) is 17.7 Å². The van der Waals surface area contributed by atoms with Crippen LogP contribution in [0.5, 0.6) is 5.75 Å². The van der Waals surface area contributed by atoms with Crippen LogP contribution in [0.25, 0.3) is 0 Å². The van der Waals surface area contributed by atoms with Gasteiger partial charge in [-0.05, 0) is 63.2 Å². The SMILES string of the molecule is COc1cccc(C(=O)N(C2CC(=O)N(c3ccc(Cl)cc3)C2=O)C(C)(C)C)c1. The van der Waals surface area contributed by atoms with Gasteiger partial charge < -0.3 is 9.64 Å². The number of anilines is 1. The van der Waals surface area contributed by atoms with Crippen LogP contribution in [-0.4, -0.2) is 41.3 Å². The summed E-state index contributed by atoms with van der Waals surface area (Å²) in [5.74, 6) is -0.569. The Morgan fingerprint density at radius 3 is 2.38 bits per heavy atom. The Balaban J connectivity index is 1.97. The highest BCUT2D eigenvalue weighted by Gasteiger charge is 2.47. The fourth-order valence-electron chi connectivity index (χ4n) is 3.49. The van der Waals surface area contributed by atoms with E-state index in [1.54, 1.807) is 48.5 Å². The minimum absolute atomic E-state index is 0.0750. The Hall–Kier alpha value is -2.86. The topological polar surface area (TPSA) is 66.9 Å². The molecule has 0 aliphatic carbocycles. The van der Waals surface area contributed by atoms with E-state index in [2.05, 4.69) is 0 Å². The molecule has 2 aromatic carbocycles. The number of halogens is 1. The van der Waals surface area contributed by atoms with Crippen LogP contribution in [-0.2, 0) is 9.59 Å². The van der Waals surface area contributed by atoms with Crippen molar-refractivity contribution in [2.75, 3.05) is 12.0 Å². The first-order chi connectivity index (χ1) is 13.6. The van der Waals surface area contributed by atoms with E-state index in [4.69, 9.17) is 16.3 Å².